The summed E-state index contributed by atoms with van der Waals surface area (Å²) in [7, 11) is 1.59. The second kappa shape index (κ2) is 6.59. The average molecular weight is 379 g/mol. The molecular weight excluding hydrogens is 362 g/mol. The van der Waals surface area contributed by atoms with Crippen LogP contribution < -0.4 is 15.4 Å². The van der Waals surface area contributed by atoms with Crippen molar-refractivity contribution in [3.8, 4) is 5.75 Å². The molecule has 136 valence electrons. The molecule has 0 bridgehead atoms. The summed E-state index contributed by atoms with van der Waals surface area (Å²) in [5.41, 5.74) is 0.863. The largest absolute Gasteiger partial charge is 0.497 e. The standard InChI is InChI=1S/C20H17N3O3S/c1-26-14-9-7-12(8-10-14)15-11-16(13-5-3-2-4-6-13)23-20(15)17(24)21-19(27)22-18(20)25/h2-10,15H,11H2,1H3,(H2,21,22,24,25,27). The lowest BCUT2D eigenvalue weighted by molar-refractivity contribution is -0.137. The second-order valence-electron chi connectivity index (χ2n) is 6.46. The van der Waals surface area contributed by atoms with Gasteiger partial charge < -0.3 is 15.4 Å². The van der Waals surface area contributed by atoms with E-state index in [0.717, 1.165) is 16.8 Å². The van der Waals surface area contributed by atoms with E-state index >= 15 is 0 Å². The van der Waals surface area contributed by atoms with Crippen LogP contribution in [0.4, 0.5) is 0 Å². The predicted molar refractivity (Wildman–Crippen MR) is 105 cm³/mol. The van der Waals surface area contributed by atoms with Crippen molar-refractivity contribution in [2.45, 2.75) is 17.9 Å². The van der Waals surface area contributed by atoms with Crippen LogP contribution in [0.5, 0.6) is 5.75 Å². The number of carbonyl (C=O) groups excluding carboxylic acids is 2. The summed E-state index contributed by atoms with van der Waals surface area (Å²) in [5.74, 6) is -0.735. The molecule has 7 heteroatoms. The Labute approximate surface area is 161 Å². The van der Waals surface area contributed by atoms with Gasteiger partial charge in [-0.25, -0.2) is 0 Å². The number of nitrogens with one attached hydrogen (secondary N) is 2. The van der Waals surface area contributed by atoms with Gasteiger partial charge >= 0.3 is 0 Å². The molecule has 4 rings (SSSR count). The van der Waals surface area contributed by atoms with Crippen LogP contribution in [0.3, 0.4) is 0 Å². The molecule has 0 aromatic heterocycles. The number of hydrogen-bond donors (Lipinski definition) is 2. The zero-order chi connectivity index (χ0) is 19.0. The molecule has 27 heavy (non-hydrogen) atoms. The third kappa shape index (κ3) is 2.80. The number of benzene rings is 2. The van der Waals surface area contributed by atoms with Crippen molar-refractivity contribution in [2.75, 3.05) is 7.11 Å². The van der Waals surface area contributed by atoms with Crippen molar-refractivity contribution in [3.63, 3.8) is 0 Å². The number of amides is 2. The van der Waals surface area contributed by atoms with E-state index in [4.69, 9.17) is 17.0 Å². The van der Waals surface area contributed by atoms with Gasteiger partial charge in [-0.1, -0.05) is 42.5 Å². The molecule has 2 heterocycles. The number of ether oxygens (including phenoxy) is 1. The average Bonchev–Trinajstić information content (AvgIpc) is 3.09. The Hall–Kier alpha value is -3.06. The molecule has 1 atom stereocenters. The zero-order valence-electron chi connectivity index (χ0n) is 14.6. The van der Waals surface area contributed by atoms with Crippen LogP contribution in [-0.4, -0.2) is 35.3 Å². The van der Waals surface area contributed by atoms with Gasteiger partial charge in [-0.2, -0.15) is 0 Å². The first-order chi connectivity index (χ1) is 13.0. The topological polar surface area (TPSA) is 79.8 Å². The molecule has 2 aromatic carbocycles. The lowest BCUT2D eigenvalue weighted by Gasteiger charge is -2.34. The maximum Gasteiger partial charge on any atom is 0.264 e. The second-order valence-corrected chi connectivity index (χ2v) is 6.87. The first-order valence-corrected chi connectivity index (χ1v) is 8.90. The van der Waals surface area contributed by atoms with Crippen molar-refractivity contribution in [1.29, 1.82) is 0 Å². The monoisotopic (exact) mass is 379 g/mol. The maximum absolute atomic E-state index is 12.9. The van der Waals surface area contributed by atoms with E-state index in [-0.39, 0.29) is 5.11 Å². The minimum absolute atomic E-state index is 0.00691. The van der Waals surface area contributed by atoms with Crippen molar-refractivity contribution in [1.82, 2.24) is 10.6 Å². The summed E-state index contributed by atoms with van der Waals surface area (Å²) >= 11 is 4.96. The molecule has 2 N–H and O–H groups in total. The lowest BCUT2D eigenvalue weighted by Crippen LogP contribution is -2.66. The van der Waals surface area contributed by atoms with Crippen LogP contribution in [0, 0.1) is 0 Å². The normalized spacial score (nSPS) is 20.9. The number of nitrogens with zero attached hydrogens (tertiary/aromatic N) is 1. The molecule has 0 saturated carbocycles. The van der Waals surface area contributed by atoms with Gasteiger partial charge in [-0.3, -0.25) is 14.6 Å². The van der Waals surface area contributed by atoms with E-state index in [9.17, 15) is 9.59 Å². The van der Waals surface area contributed by atoms with Gasteiger partial charge in [-0.15, -0.1) is 0 Å². The molecule has 2 aliphatic heterocycles. The number of hydrogen-bond acceptors (Lipinski definition) is 5. The number of rotatable bonds is 3. The predicted octanol–water partition coefficient (Wildman–Crippen LogP) is 1.94. The highest BCUT2D eigenvalue weighted by Gasteiger charge is 2.59. The number of carbonyl (C=O) groups is 2. The molecule has 2 amide bonds. The maximum atomic E-state index is 12.9. The highest BCUT2D eigenvalue weighted by Crippen LogP contribution is 2.43. The SMILES string of the molecule is COc1ccc(C2CC(c3ccccc3)=NC23C(=O)NC(=S)NC3=O)cc1. The molecule has 2 aromatic rings. The van der Waals surface area contributed by atoms with Crippen LogP contribution in [0.1, 0.15) is 23.5 Å². The number of thiocarbonyl (C=S) groups is 1. The Kier molecular flexibility index (Phi) is 4.24. The first kappa shape index (κ1) is 17.4. The summed E-state index contributed by atoms with van der Waals surface area (Å²) in [5, 5.41) is 5.14. The fourth-order valence-electron chi connectivity index (χ4n) is 3.63. The van der Waals surface area contributed by atoms with E-state index in [0.29, 0.717) is 12.2 Å². The van der Waals surface area contributed by atoms with E-state index in [1.54, 1.807) is 7.11 Å². The lowest BCUT2D eigenvalue weighted by atomic mass is 9.77. The van der Waals surface area contributed by atoms with Gasteiger partial charge in [-0.05, 0) is 35.5 Å². The molecule has 0 radical (unpaired) electrons. The summed E-state index contributed by atoms with van der Waals surface area (Å²) in [6, 6.07) is 16.9. The minimum atomic E-state index is -1.58. The Bertz CT molecular complexity index is 934. The minimum Gasteiger partial charge on any atom is -0.497 e. The smallest absolute Gasteiger partial charge is 0.264 e. The highest BCUT2D eigenvalue weighted by atomic mass is 32.1. The molecule has 6 nitrogen and oxygen atoms in total. The summed E-state index contributed by atoms with van der Waals surface area (Å²) < 4.78 is 5.21. The Morgan fingerprint density at radius 3 is 2.26 bits per heavy atom. The molecule has 1 saturated heterocycles. The fourth-order valence-corrected chi connectivity index (χ4v) is 3.82. The van der Waals surface area contributed by atoms with Gasteiger partial charge in [0.05, 0.1) is 7.11 Å². The summed E-state index contributed by atoms with van der Waals surface area (Å²) in [6.07, 6.45) is 0.462. The summed E-state index contributed by atoms with van der Waals surface area (Å²) in [4.78, 5) is 30.5. The van der Waals surface area contributed by atoms with E-state index in [1.807, 2.05) is 54.6 Å². The number of aliphatic imine (C=N–C) groups is 1. The Balaban J connectivity index is 1.83. The van der Waals surface area contributed by atoms with Crippen molar-refractivity contribution in [3.05, 3.63) is 65.7 Å². The van der Waals surface area contributed by atoms with Gasteiger partial charge in [0.2, 0.25) is 5.54 Å². The van der Waals surface area contributed by atoms with Crippen molar-refractivity contribution >= 4 is 34.9 Å². The third-order valence-corrected chi connectivity index (χ3v) is 5.19. The number of methoxy groups -OCH3 is 1. The van der Waals surface area contributed by atoms with Crippen LogP contribution >= 0.6 is 12.2 Å². The summed E-state index contributed by atoms with van der Waals surface area (Å²) in [6.45, 7) is 0. The Morgan fingerprint density at radius 2 is 1.67 bits per heavy atom. The van der Waals surface area contributed by atoms with Crippen LogP contribution in [0.25, 0.3) is 0 Å². The van der Waals surface area contributed by atoms with Gasteiger partial charge in [0, 0.05) is 18.1 Å². The Morgan fingerprint density at radius 1 is 1.04 bits per heavy atom. The molecular formula is C20H17N3O3S. The van der Waals surface area contributed by atoms with Crippen molar-refractivity contribution in [2.24, 2.45) is 4.99 Å². The van der Waals surface area contributed by atoms with Crippen LogP contribution in [0.15, 0.2) is 59.6 Å². The highest BCUT2D eigenvalue weighted by molar-refractivity contribution is 7.80. The molecule has 1 unspecified atom stereocenters. The third-order valence-electron chi connectivity index (χ3n) is 4.98. The van der Waals surface area contributed by atoms with Gasteiger partial charge in [0.15, 0.2) is 5.11 Å². The van der Waals surface area contributed by atoms with E-state index in [2.05, 4.69) is 15.6 Å². The van der Waals surface area contributed by atoms with E-state index in [1.165, 1.54) is 0 Å². The molecule has 0 aliphatic carbocycles. The van der Waals surface area contributed by atoms with Crippen molar-refractivity contribution < 1.29 is 14.3 Å². The fraction of sp³-hybridized carbons (Fsp3) is 0.200. The van der Waals surface area contributed by atoms with Crippen LogP contribution in [-0.2, 0) is 9.59 Å². The molecule has 1 spiro atoms. The molecule has 1 fully saturated rings. The quantitative estimate of drug-likeness (QED) is 0.631. The van der Waals surface area contributed by atoms with E-state index < -0.39 is 23.3 Å². The first-order valence-electron chi connectivity index (χ1n) is 8.49. The van der Waals surface area contributed by atoms with Crippen LogP contribution in [0.2, 0.25) is 0 Å². The molecule has 2 aliphatic rings. The van der Waals surface area contributed by atoms with Gasteiger partial charge in [0.25, 0.3) is 11.8 Å². The zero-order valence-corrected chi connectivity index (χ0v) is 15.4. The van der Waals surface area contributed by atoms with Gasteiger partial charge in [0.1, 0.15) is 5.75 Å².